The average molecular weight is 429 g/mol. The van der Waals surface area contributed by atoms with Crippen LogP contribution in [0.5, 0.6) is 0 Å². The van der Waals surface area contributed by atoms with Crippen LogP contribution in [0.25, 0.3) is 0 Å². The van der Waals surface area contributed by atoms with E-state index >= 15 is 0 Å². The highest BCUT2D eigenvalue weighted by Gasteiger charge is 2.27. The van der Waals surface area contributed by atoms with Gasteiger partial charge in [-0.1, -0.05) is 24.3 Å². The number of aliphatic imine (C=N–C) groups is 1. The Balaban J connectivity index is 0.00000242. The number of rotatable bonds is 5. The number of likely N-dealkylation sites (N-methyl/N-ethyl adjacent to an activating group) is 1. The summed E-state index contributed by atoms with van der Waals surface area (Å²) in [5.74, 6) is 0.841. The SMILES string of the molecule is CN1CCN=C1NCc1cccc(COCC(F)(F)F)c1.I. The van der Waals surface area contributed by atoms with Crippen molar-refractivity contribution in [1.29, 1.82) is 0 Å². The van der Waals surface area contributed by atoms with E-state index in [9.17, 15) is 13.2 Å². The largest absolute Gasteiger partial charge is 0.411 e. The van der Waals surface area contributed by atoms with Gasteiger partial charge in [0.25, 0.3) is 0 Å². The first-order valence-electron chi connectivity index (χ1n) is 6.66. The molecule has 0 amide bonds. The van der Waals surface area contributed by atoms with Crippen molar-refractivity contribution in [2.24, 2.45) is 4.99 Å². The molecule has 4 nitrogen and oxygen atoms in total. The van der Waals surface area contributed by atoms with E-state index in [-0.39, 0.29) is 30.6 Å². The molecule has 1 aromatic carbocycles. The molecule has 1 heterocycles. The summed E-state index contributed by atoms with van der Waals surface area (Å²) in [6, 6.07) is 7.30. The Hall–Kier alpha value is -1.03. The van der Waals surface area contributed by atoms with Gasteiger partial charge in [0, 0.05) is 20.1 Å². The molecule has 0 saturated heterocycles. The third-order valence-electron chi connectivity index (χ3n) is 3.04. The lowest BCUT2D eigenvalue weighted by molar-refractivity contribution is -0.176. The van der Waals surface area contributed by atoms with Gasteiger partial charge in [-0.15, -0.1) is 24.0 Å². The number of hydrogen-bond acceptors (Lipinski definition) is 4. The summed E-state index contributed by atoms with van der Waals surface area (Å²) in [6.45, 7) is 0.985. The number of alkyl halides is 3. The molecule has 1 aromatic rings. The molecule has 0 spiro atoms. The number of hydrogen-bond donors (Lipinski definition) is 1. The van der Waals surface area contributed by atoms with Crippen LogP contribution in [0.2, 0.25) is 0 Å². The Bertz CT molecular complexity index is 508. The molecule has 1 N–H and O–H groups in total. The van der Waals surface area contributed by atoms with Crippen LogP contribution in [0.15, 0.2) is 29.3 Å². The van der Waals surface area contributed by atoms with Crippen molar-refractivity contribution in [3.63, 3.8) is 0 Å². The fourth-order valence-corrected chi connectivity index (χ4v) is 2.02. The normalized spacial score (nSPS) is 14.5. The van der Waals surface area contributed by atoms with Gasteiger partial charge < -0.3 is 15.0 Å². The maximum absolute atomic E-state index is 12.0. The van der Waals surface area contributed by atoms with Gasteiger partial charge in [0.15, 0.2) is 5.96 Å². The molecular weight excluding hydrogens is 410 g/mol. The van der Waals surface area contributed by atoms with Crippen molar-refractivity contribution >= 4 is 29.9 Å². The fourth-order valence-electron chi connectivity index (χ4n) is 2.02. The standard InChI is InChI=1S/C14H18F3N3O.HI/c1-20-6-5-18-13(20)19-8-11-3-2-4-12(7-11)9-21-10-14(15,16)17;/h2-4,7H,5-6,8-10H2,1H3,(H,18,19);1H. The van der Waals surface area contributed by atoms with Crippen LogP contribution in [0, 0.1) is 0 Å². The number of benzene rings is 1. The van der Waals surface area contributed by atoms with Gasteiger partial charge in [0.2, 0.25) is 0 Å². The molecule has 124 valence electrons. The molecule has 0 aliphatic carbocycles. The molecule has 1 aliphatic heterocycles. The molecule has 0 bridgehead atoms. The summed E-state index contributed by atoms with van der Waals surface area (Å²) in [5, 5.41) is 3.21. The maximum atomic E-state index is 12.0. The van der Waals surface area contributed by atoms with Crippen molar-refractivity contribution < 1.29 is 17.9 Å². The van der Waals surface area contributed by atoms with E-state index < -0.39 is 12.8 Å². The Labute approximate surface area is 144 Å². The van der Waals surface area contributed by atoms with Crippen LogP contribution in [0.1, 0.15) is 11.1 Å². The lowest BCUT2D eigenvalue weighted by Gasteiger charge is -2.15. The molecule has 0 aromatic heterocycles. The van der Waals surface area contributed by atoms with Crippen molar-refractivity contribution in [2.45, 2.75) is 19.3 Å². The van der Waals surface area contributed by atoms with Crippen LogP contribution >= 0.6 is 24.0 Å². The average Bonchev–Trinajstić information content (AvgIpc) is 2.81. The van der Waals surface area contributed by atoms with Crippen LogP contribution in [-0.2, 0) is 17.9 Å². The highest BCUT2D eigenvalue weighted by molar-refractivity contribution is 14.0. The molecule has 22 heavy (non-hydrogen) atoms. The number of ether oxygens (including phenoxy) is 1. The smallest absolute Gasteiger partial charge is 0.367 e. The molecule has 0 radical (unpaired) electrons. The van der Waals surface area contributed by atoms with Gasteiger partial charge in [-0.05, 0) is 11.1 Å². The Morgan fingerprint density at radius 2 is 2.05 bits per heavy atom. The Morgan fingerprint density at radius 3 is 2.68 bits per heavy atom. The topological polar surface area (TPSA) is 36.9 Å². The monoisotopic (exact) mass is 429 g/mol. The summed E-state index contributed by atoms with van der Waals surface area (Å²) in [6.07, 6.45) is -4.29. The third kappa shape index (κ3) is 6.39. The minimum absolute atomic E-state index is 0. The van der Waals surface area contributed by atoms with Crippen LogP contribution in [-0.4, -0.2) is 43.8 Å². The number of halogens is 4. The van der Waals surface area contributed by atoms with Crippen LogP contribution < -0.4 is 5.32 Å². The Morgan fingerprint density at radius 1 is 1.32 bits per heavy atom. The van der Waals surface area contributed by atoms with Crippen molar-refractivity contribution in [1.82, 2.24) is 10.2 Å². The minimum atomic E-state index is -4.29. The zero-order chi connectivity index (χ0) is 15.3. The van der Waals surface area contributed by atoms with Crippen molar-refractivity contribution in [3.8, 4) is 0 Å². The Kier molecular flexibility index (Phi) is 7.40. The van der Waals surface area contributed by atoms with E-state index in [2.05, 4.69) is 15.0 Å². The molecule has 0 unspecified atom stereocenters. The first kappa shape index (κ1) is 19.0. The van der Waals surface area contributed by atoms with Gasteiger partial charge in [-0.3, -0.25) is 4.99 Å². The summed E-state index contributed by atoms with van der Waals surface area (Å²) < 4.78 is 40.7. The predicted molar refractivity (Wildman–Crippen MR) is 89.3 cm³/mol. The second-order valence-corrected chi connectivity index (χ2v) is 4.91. The van der Waals surface area contributed by atoms with E-state index in [0.717, 1.165) is 30.2 Å². The number of guanidine groups is 1. The maximum Gasteiger partial charge on any atom is 0.411 e. The molecule has 0 fully saturated rings. The highest BCUT2D eigenvalue weighted by atomic mass is 127. The van der Waals surface area contributed by atoms with E-state index in [4.69, 9.17) is 0 Å². The first-order chi connectivity index (χ1) is 9.94. The predicted octanol–water partition coefficient (Wildman–Crippen LogP) is 2.77. The summed E-state index contributed by atoms with van der Waals surface area (Å²) >= 11 is 0. The van der Waals surface area contributed by atoms with E-state index in [1.165, 1.54) is 0 Å². The number of nitrogens with one attached hydrogen (secondary N) is 1. The lowest BCUT2D eigenvalue weighted by atomic mass is 10.1. The summed E-state index contributed by atoms with van der Waals surface area (Å²) in [5.41, 5.74) is 1.70. The van der Waals surface area contributed by atoms with E-state index in [1.807, 2.05) is 30.1 Å². The second-order valence-electron chi connectivity index (χ2n) is 4.91. The molecule has 2 rings (SSSR count). The number of nitrogens with zero attached hydrogens (tertiary/aromatic N) is 2. The molecule has 8 heteroatoms. The van der Waals surface area contributed by atoms with E-state index in [1.54, 1.807) is 6.07 Å². The summed E-state index contributed by atoms with van der Waals surface area (Å²) in [7, 11) is 1.96. The fraction of sp³-hybridized carbons (Fsp3) is 0.500. The van der Waals surface area contributed by atoms with Crippen LogP contribution in [0.4, 0.5) is 13.2 Å². The van der Waals surface area contributed by atoms with Crippen molar-refractivity contribution in [2.75, 3.05) is 26.7 Å². The third-order valence-corrected chi connectivity index (χ3v) is 3.04. The lowest BCUT2D eigenvalue weighted by Crippen LogP contribution is -2.35. The molecule has 1 aliphatic rings. The van der Waals surface area contributed by atoms with Crippen LogP contribution in [0.3, 0.4) is 0 Å². The second kappa shape index (κ2) is 8.56. The molecular formula is C14H19F3IN3O. The van der Waals surface area contributed by atoms with Gasteiger partial charge in [-0.2, -0.15) is 13.2 Å². The zero-order valence-corrected chi connectivity index (χ0v) is 14.5. The van der Waals surface area contributed by atoms with E-state index in [0.29, 0.717) is 6.54 Å². The quantitative estimate of drug-likeness (QED) is 0.732. The molecule has 0 saturated carbocycles. The minimum Gasteiger partial charge on any atom is -0.367 e. The first-order valence-corrected chi connectivity index (χ1v) is 6.66. The van der Waals surface area contributed by atoms with Gasteiger partial charge in [0.1, 0.15) is 6.61 Å². The zero-order valence-electron chi connectivity index (χ0n) is 12.2. The van der Waals surface area contributed by atoms with Gasteiger partial charge in [-0.25, -0.2) is 0 Å². The van der Waals surface area contributed by atoms with Gasteiger partial charge in [0.05, 0.1) is 13.2 Å². The van der Waals surface area contributed by atoms with Gasteiger partial charge >= 0.3 is 6.18 Å². The van der Waals surface area contributed by atoms with Crippen molar-refractivity contribution in [3.05, 3.63) is 35.4 Å². The molecule has 0 atom stereocenters. The highest BCUT2D eigenvalue weighted by Crippen LogP contribution is 2.16. The summed E-state index contributed by atoms with van der Waals surface area (Å²) in [4.78, 5) is 6.34.